The molecule has 1 aliphatic heterocycles. The number of rotatable bonds is 7. The number of methoxy groups -OCH3 is 1. The van der Waals surface area contributed by atoms with Gasteiger partial charge >= 0.3 is 5.97 Å². The lowest BCUT2D eigenvalue weighted by atomic mass is 10.2. The first kappa shape index (κ1) is 15.8. The summed E-state index contributed by atoms with van der Waals surface area (Å²) >= 11 is 0. The Labute approximate surface area is 125 Å². The molecule has 1 fully saturated rings. The Morgan fingerprint density at radius 2 is 2.05 bits per heavy atom. The minimum atomic E-state index is -0.272. The van der Waals surface area contributed by atoms with Crippen LogP contribution in [0.4, 0.5) is 5.69 Å². The molecule has 0 unspecified atom stereocenters. The van der Waals surface area contributed by atoms with Crippen molar-refractivity contribution in [2.75, 3.05) is 44.9 Å². The zero-order chi connectivity index (χ0) is 15.1. The second kappa shape index (κ2) is 8.00. The van der Waals surface area contributed by atoms with E-state index in [-0.39, 0.29) is 12.1 Å². The Balaban J connectivity index is 1.87. The third-order valence-electron chi connectivity index (χ3n) is 3.53. The van der Waals surface area contributed by atoms with E-state index in [1.54, 1.807) is 14.0 Å². The molecule has 0 aliphatic carbocycles. The summed E-state index contributed by atoms with van der Waals surface area (Å²) in [7, 11) is 1.68. The van der Waals surface area contributed by atoms with Gasteiger partial charge in [-0.25, -0.2) is 4.79 Å². The fourth-order valence-corrected chi connectivity index (χ4v) is 2.42. The predicted molar refractivity (Wildman–Crippen MR) is 80.8 cm³/mol. The average Bonchev–Trinajstić information content (AvgIpc) is 2.97. The molecular formula is C16H23NO4. The molecule has 116 valence electrons. The van der Waals surface area contributed by atoms with Crippen molar-refractivity contribution in [3.05, 3.63) is 29.8 Å². The molecule has 5 nitrogen and oxygen atoms in total. The third-order valence-corrected chi connectivity index (χ3v) is 3.53. The molecule has 21 heavy (non-hydrogen) atoms. The molecule has 1 aromatic carbocycles. The van der Waals surface area contributed by atoms with Crippen LogP contribution in [0, 0.1) is 0 Å². The minimum Gasteiger partial charge on any atom is -0.462 e. The number of ether oxygens (including phenoxy) is 3. The van der Waals surface area contributed by atoms with Crippen LogP contribution in [0.25, 0.3) is 0 Å². The van der Waals surface area contributed by atoms with Gasteiger partial charge in [-0.1, -0.05) is 0 Å². The largest absolute Gasteiger partial charge is 0.462 e. The summed E-state index contributed by atoms with van der Waals surface area (Å²) in [6.45, 7) is 5.31. The van der Waals surface area contributed by atoms with Gasteiger partial charge in [0.05, 0.1) is 31.5 Å². The monoisotopic (exact) mass is 293 g/mol. The zero-order valence-electron chi connectivity index (χ0n) is 12.7. The Morgan fingerprint density at radius 3 is 2.71 bits per heavy atom. The maximum Gasteiger partial charge on any atom is 0.338 e. The van der Waals surface area contributed by atoms with Crippen LogP contribution in [-0.2, 0) is 14.2 Å². The van der Waals surface area contributed by atoms with Crippen molar-refractivity contribution >= 4 is 11.7 Å². The van der Waals surface area contributed by atoms with Crippen LogP contribution >= 0.6 is 0 Å². The van der Waals surface area contributed by atoms with E-state index >= 15 is 0 Å². The Bertz CT molecular complexity index is 446. The molecule has 1 aromatic rings. The van der Waals surface area contributed by atoms with Gasteiger partial charge in [-0.3, -0.25) is 0 Å². The van der Waals surface area contributed by atoms with Gasteiger partial charge in [0, 0.05) is 25.9 Å². The lowest BCUT2D eigenvalue weighted by Crippen LogP contribution is -2.23. The van der Waals surface area contributed by atoms with Gasteiger partial charge in [0.25, 0.3) is 0 Å². The van der Waals surface area contributed by atoms with E-state index in [9.17, 15) is 4.79 Å². The zero-order valence-corrected chi connectivity index (χ0v) is 12.7. The molecule has 1 atom stereocenters. The third kappa shape index (κ3) is 4.44. The van der Waals surface area contributed by atoms with E-state index < -0.39 is 0 Å². The minimum absolute atomic E-state index is 0.255. The van der Waals surface area contributed by atoms with Crippen LogP contribution in [0.5, 0.6) is 0 Å². The lowest BCUT2D eigenvalue weighted by Gasteiger charge is -2.19. The van der Waals surface area contributed by atoms with Crippen LogP contribution in [0.3, 0.4) is 0 Å². The first-order valence-corrected chi connectivity index (χ1v) is 7.37. The standard InChI is InChI=1S/C16H23NO4/c1-3-20-16(18)13-4-6-14(7-5-13)17-9-8-15(12-17)21-11-10-19-2/h4-7,15H,3,8-12H2,1-2H3/t15-/m0/s1. The van der Waals surface area contributed by atoms with Crippen LogP contribution in [-0.4, -0.2) is 52.1 Å². The second-order valence-electron chi connectivity index (χ2n) is 4.99. The number of esters is 1. The van der Waals surface area contributed by atoms with Crippen molar-refractivity contribution in [1.82, 2.24) is 0 Å². The molecule has 1 aliphatic rings. The SMILES string of the molecule is CCOC(=O)c1ccc(N2CC[C@H](OCCOC)C2)cc1. The van der Waals surface area contributed by atoms with E-state index in [4.69, 9.17) is 14.2 Å². The maximum atomic E-state index is 11.6. The van der Waals surface area contributed by atoms with Crippen molar-refractivity contribution in [2.24, 2.45) is 0 Å². The highest BCUT2D eigenvalue weighted by molar-refractivity contribution is 5.89. The van der Waals surface area contributed by atoms with Gasteiger partial charge in [0.15, 0.2) is 0 Å². The highest BCUT2D eigenvalue weighted by atomic mass is 16.5. The summed E-state index contributed by atoms with van der Waals surface area (Å²) < 4.78 is 15.7. The molecule has 5 heteroatoms. The highest BCUT2D eigenvalue weighted by Gasteiger charge is 2.23. The molecule has 1 saturated heterocycles. The predicted octanol–water partition coefficient (Wildman–Crippen LogP) is 2.10. The molecular weight excluding hydrogens is 270 g/mol. The van der Waals surface area contributed by atoms with Crippen molar-refractivity contribution in [3.63, 3.8) is 0 Å². The number of carbonyl (C=O) groups excluding carboxylic acids is 1. The van der Waals surface area contributed by atoms with Gasteiger partial charge in [-0.15, -0.1) is 0 Å². The molecule has 0 spiro atoms. The summed E-state index contributed by atoms with van der Waals surface area (Å²) in [6.07, 6.45) is 1.27. The summed E-state index contributed by atoms with van der Waals surface area (Å²) in [6, 6.07) is 7.55. The Hall–Kier alpha value is -1.59. The summed E-state index contributed by atoms with van der Waals surface area (Å²) in [5.41, 5.74) is 1.70. The smallest absolute Gasteiger partial charge is 0.338 e. The second-order valence-corrected chi connectivity index (χ2v) is 4.99. The molecule has 2 rings (SSSR count). The Morgan fingerprint density at radius 1 is 1.29 bits per heavy atom. The fourth-order valence-electron chi connectivity index (χ4n) is 2.42. The number of benzene rings is 1. The fraction of sp³-hybridized carbons (Fsp3) is 0.562. The number of carbonyl (C=O) groups is 1. The van der Waals surface area contributed by atoms with Gasteiger partial charge in [0.2, 0.25) is 0 Å². The Kier molecular flexibility index (Phi) is 6.02. The van der Waals surface area contributed by atoms with E-state index in [0.717, 1.165) is 25.2 Å². The molecule has 0 amide bonds. The van der Waals surface area contributed by atoms with Crippen LogP contribution < -0.4 is 4.90 Å². The molecule has 0 saturated carbocycles. The number of hydrogen-bond acceptors (Lipinski definition) is 5. The van der Waals surface area contributed by atoms with Crippen LogP contribution in [0.2, 0.25) is 0 Å². The normalized spacial score (nSPS) is 18.0. The topological polar surface area (TPSA) is 48.0 Å². The number of hydrogen-bond donors (Lipinski definition) is 0. The van der Waals surface area contributed by atoms with E-state index in [1.165, 1.54) is 0 Å². The molecule has 0 bridgehead atoms. The molecule has 0 aromatic heterocycles. The van der Waals surface area contributed by atoms with Gasteiger partial charge in [0.1, 0.15) is 0 Å². The summed E-state index contributed by atoms with van der Waals surface area (Å²) in [5.74, 6) is -0.272. The van der Waals surface area contributed by atoms with Crippen molar-refractivity contribution in [1.29, 1.82) is 0 Å². The van der Waals surface area contributed by atoms with Gasteiger partial charge in [-0.05, 0) is 37.6 Å². The van der Waals surface area contributed by atoms with Crippen molar-refractivity contribution < 1.29 is 19.0 Å². The maximum absolute atomic E-state index is 11.6. The van der Waals surface area contributed by atoms with Gasteiger partial charge < -0.3 is 19.1 Å². The van der Waals surface area contributed by atoms with E-state index in [1.807, 2.05) is 24.3 Å². The number of anilines is 1. The lowest BCUT2D eigenvalue weighted by molar-refractivity contribution is 0.0280. The van der Waals surface area contributed by atoms with Gasteiger partial charge in [-0.2, -0.15) is 0 Å². The molecule has 1 heterocycles. The quantitative estimate of drug-likeness (QED) is 0.569. The molecule has 0 radical (unpaired) electrons. The summed E-state index contributed by atoms with van der Waals surface area (Å²) in [5, 5.41) is 0. The van der Waals surface area contributed by atoms with Crippen molar-refractivity contribution in [3.8, 4) is 0 Å². The van der Waals surface area contributed by atoms with Crippen molar-refractivity contribution in [2.45, 2.75) is 19.4 Å². The average molecular weight is 293 g/mol. The van der Waals surface area contributed by atoms with E-state index in [0.29, 0.717) is 25.4 Å². The van der Waals surface area contributed by atoms with E-state index in [2.05, 4.69) is 4.90 Å². The molecule has 0 N–H and O–H groups in total. The number of nitrogens with zero attached hydrogens (tertiary/aromatic N) is 1. The summed E-state index contributed by atoms with van der Waals surface area (Å²) in [4.78, 5) is 13.9. The highest BCUT2D eigenvalue weighted by Crippen LogP contribution is 2.22. The first-order chi connectivity index (χ1) is 10.2. The van der Waals surface area contributed by atoms with Crippen LogP contribution in [0.1, 0.15) is 23.7 Å². The first-order valence-electron chi connectivity index (χ1n) is 7.37. The van der Waals surface area contributed by atoms with Crippen LogP contribution in [0.15, 0.2) is 24.3 Å².